The van der Waals surface area contributed by atoms with Gasteiger partial charge in [-0.25, -0.2) is 0 Å². The quantitative estimate of drug-likeness (QED) is 0.249. The van der Waals surface area contributed by atoms with Crippen LogP contribution < -0.4 is 0 Å². The molecule has 0 aliphatic carbocycles. The summed E-state index contributed by atoms with van der Waals surface area (Å²) in [6.45, 7) is 31.1. The maximum absolute atomic E-state index is 6.46. The fourth-order valence-electron chi connectivity index (χ4n) is 3.16. The summed E-state index contributed by atoms with van der Waals surface area (Å²) in [6, 6.07) is 13.1. The van der Waals surface area contributed by atoms with Crippen LogP contribution in [0.4, 0.5) is 0 Å². The molecule has 0 aliphatic heterocycles. The zero-order valence-electron chi connectivity index (χ0n) is 22.1. The number of hydrogen-bond acceptors (Lipinski definition) is 3. The number of rotatable bonds is 6. The topological polar surface area (TPSA) is 18.5 Å². The Morgan fingerprint density at radius 2 is 1.00 bits per heavy atom. The summed E-state index contributed by atoms with van der Waals surface area (Å²) in [7, 11) is -3.84. The molecule has 1 heterocycles. The van der Waals surface area contributed by atoms with E-state index in [4.69, 9.17) is 8.85 Å². The standard InChI is InChI=1S/C28H40O2SSi2/c1-19(29-32(9,10)27(3,4)5)21-13-15-23-24-16-14-22(18-26(24)31-25(23)17-21)20(2)30-33(11,12)28(6,7)8/h13-18H,1-2H2,3-12H3. The zero-order chi connectivity index (χ0) is 25.0. The maximum atomic E-state index is 6.46. The summed E-state index contributed by atoms with van der Waals surface area (Å²) >= 11 is 1.80. The second-order valence-electron chi connectivity index (χ2n) is 12.1. The van der Waals surface area contributed by atoms with Gasteiger partial charge in [0.15, 0.2) is 0 Å². The average molecular weight is 497 g/mol. The number of hydrogen-bond donors (Lipinski definition) is 0. The smallest absolute Gasteiger partial charge is 0.250 e. The van der Waals surface area contributed by atoms with E-state index in [1.54, 1.807) is 11.3 Å². The molecule has 2 nitrogen and oxygen atoms in total. The molecule has 0 radical (unpaired) electrons. The van der Waals surface area contributed by atoms with Crippen molar-refractivity contribution in [3.8, 4) is 0 Å². The predicted octanol–water partition coefficient (Wildman–Crippen LogP) is 10.0. The molecule has 5 heteroatoms. The molecule has 33 heavy (non-hydrogen) atoms. The Balaban J connectivity index is 1.92. The van der Waals surface area contributed by atoms with Gasteiger partial charge < -0.3 is 8.85 Å². The summed E-state index contributed by atoms with van der Waals surface area (Å²) in [5.74, 6) is 1.55. The van der Waals surface area contributed by atoms with Crippen LogP contribution in [0.25, 0.3) is 31.7 Å². The minimum Gasteiger partial charge on any atom is -0.543 e. The molecule has 3 aromatic rings. The van der Waals surface area contributed by atoms with Crippen LogP contribution >= 0.6 is 11.3 Å². The first-order valence-corrected chi connectivity index (χ1v) is 18.3. The van der Waals surface area contributed by atoms with Crippen molar-refractivity contribution >= 4 is 59.7 Å². The molecular weight excluding hydrogens is 457 g/mol. The van der Waals surface area contributed by atoms with E-state index in [9.17, 15) is 0 Å². The summed E-state index contributed by atoms with van der Waals surface area (Å²) in [5.41, 5.74) is 2.12. The Kier molecular flexibility index (Phi) is 6.59. The van der Waals surface area contributed by atoms with Crippen molar-refractivity contribution in [1.29, 1.82) is 0 Å². The maximum Gasteiger partial charge on any atom is 0.250 e. The fraction of sp³-hybridized carbons (Fsp3) is 0.429. The van der Waals surface area contributed by atoms with E-state index in [1.165, 1.54) is 20.2 Å². The lowest BCUT2D eigenvalue weighted by Crippen LogP contribution is -2.40. The van der Waals surface area contributed by atoms with Gasteiger partial charge >= 0.3 is 0 Å². The van der Waals surface area contributed by atoms with E-state index in [-0.39, 0.29) is 10.1 Å². The number of fused-ring (bicyclic) bond motifs is 3. The van der Waals surface area contributed by atoms with E-state index >= 15 is 0 Å². The third kappa shape index (κ3) is 5.15. The Bertz CT molecular complexity index is 1130. The van der Waals surface area contributed by atoms with Crippen LogP contribution in [0.15, 0.2) is 49.6 Å². The first kappa shape index (κ1) is 25.8. The minimum atomic E-state index is -1.92. The molecule has 178 valence electrons. The highest BCUT2D eigenvalue weighted by Crippen LogP contribution is 2.42. The molecule has 3 rings (SSSR count). The molecule has 0 aliphatic rings. The molecule has 0 N–H and O–H groups in total. The predicted molar refractivity (Wildman–Crippen MR) is 154 cm³/mol. The van der Waals surface area contributed by atoms with Crippen molar-refractivity contribution in [3.05, 3.63) is 60.7 Å². The highest BCUT2D eigenvalue weighted by Gasteiger charge is 2.40. The lowest BCUT2D eigenvalue weighted by Gasteiger charge is -2.37. The Labute approximate surface area is 206 Å². The fourth-order valence-corrected chi connectivity index (χ4v) is 6.43. The molecule has 0 bridgehead atoms. The van der Waals surface area contributed by atoms with Gasteiger partial charge in [-0.1, -0.05) is 79.0 Å². The Morgan fingerprint density at radius 1 is 0.667 bits per heavy atom. The van der Waals surface area contributed by atoms with Gasteiger partial charge in [-0.15, -0.1) is 11.3 Å². The van der Waals surface area contributed by atoms with Crippen molar-refractivity contribution in [2.45, 2.75) is 77.8 Å². The molecule has 0 fully saturated rings. The lowest BCUT2D eigenvalue weighted by molar-refractivity contribution is 0.459. The summed E-state index contributed by atoms with van der Waals surface area (Å²) < 4.78 is 15.4. The molecule has 0 saturated carbocycles. The van der Waals surface area contributed by atoms with Crippen LogP contribution in [0.1, 0.15) is 52.7 Å². The molecule has 2 aromatic carbocycles. The number of thiophene rings is 1. The third-order valence-electron chi connectivity index (χ3n) is 7.49. The van der Waals surface area contributed by atoms with Gasteiger partial charge in [0.05, 0.1) is 0 Å². The van der Waals surface area contributed by atoms with E-state index in [0.29, 0.717) is 0 Å². The summed E-state index contributed by atoms with van der Waals surface area (Å²) in [5, 5.41) is 2.81. The van der Waals surface area contributed by atoms with E-state index < -0.39 is 16.6 Å². The highest BCUT2D eigenvalue weighted by atomic mass is 32.1. The largest absolute Gasteiger partial charge is 0.543 e. The molecule has 1 aromatic heterocycles. The highest BCUT2D eigenvalue weighted by molar-refractivity contribution is 7.25. The Hall–Kier alpha value is -1.83. The molecule has 0 atom stereocenters. The van der Waals surface area contributed by atoms with Gasteiger partial charge in [-0.3, -0.25) is 0 Å². The third-order valence-corrected chi connectivity index (χ3v) is 17.3. The van der Waals surface area contributed by atoms with E-state index in [2.05, 4.69) is 117 Å². The van der Waals surface area contributed by atoms with Gasteiger partial charge in [-0.05, 0) is 48.4 Å². The van der Waals surface area contributed by atoms with Gasteiger partial charge in [0.25, 0.3) is 0 Å². The second-order valence-corrected chi connectivity index (χ2v) is 22.6. The SMILES string of the molecule is C=C(O[Si](C)(C)C(C)(C)C)c1ccc2c(c1)sc1cc(C(=C)O[Si](C)(C)C(C)(C)C)ccc12. The average Bonchev–Trinajstić information content (AvgIpc) is 3.02. The number of benzene rings is 2. The normalized spacial score (nSPS) is 13.4. The first-order valence-electron chi connectivity index (χ1n) is 11.7. The molecule has 0 unspecified atom stereocenters. The monoisotopic (exact) mass is 496 g/mol. The molecular formula is C28H40O2SSi2. The van der Waals surface area contributed by atoms with Crippen molar-refractivity contribution in [2.75, 3.05) is 0 Å². The van der Waals surface area contributed by atoms with Crippen molar-refractivity contribution < 1.29 is 8.85 Å². The zero-order valence-corrected chi connectivity index (χ0v) is 24.9. The van der Waals surface area contributed by atoms with Crippen LogP contribution in [0.3, 0.4) is 0 Å². The van der Waals surface area contributed by atoms with Crippen LogP contribution in [-0.4, -0.2) is 16.6 Å². The van der Waals surface area contributed by atoms with Gasteiger partial charge in [-0.2, -0.15) is 0 Å². The molecule has 0 amide bonds. The minimum absolute atomic E-state index is 0.142. The van der Waals surface area contributed by atoms with E-state index in [0.717, 1.165) is 22.6 Å². The Morgan fingerprint density at radius 3 is 1.30 bits per heavy atom. The lowest BCUT2D eigenvalue weighted by atomic mass is 10.1. The van der Waals surface area contributed by atoms with Crippen LogP contribution in [-0.2, 0) is 8.85 Å². The van der Waals surface area contributed by atoms with Gasteiger partial charge in [0.1, 0.15) is 11.5 Å². The van der Waals surface area contributed by atoms with Crippen molar-refractivity contribution in [3.63, 3.8) is 0 Å². The van der Waals surface area contributed by atoms with Crippen LogP contribution in [0, 0.1) is 0 Å². The first-order chi connectivity index (χ1) is 14.9. The van der Waals surface area contributed by atoms with Crippen LogP contribution in [0.2, 0.25) is 36.3 Å². The molecule has 0 spiro atoms. The molecule has 0 saturated heterocycles. The van der Waals surface area contributed by atoms with Gasteiger partial charge in [0, 0.05) is 31.3 Å². The summed E-state index contributed by atoms with van der Waals surface area (Å²) in [4.78, 5) is 0. The second kappa shape index (κ2) is 8.44. The van der Waals surface area contributed by atoms with Crippen LogP contribution in [0.5, 0.6) is 0 Å². The van der Waals surface area contributed by atoms with Gasteiger partial charge in [0.2, 0.25) is 16.6 Å². The summed E-state index contributed by atoms with van der Waals surface area (Å²) in [6.07, 6.45) is 0. The van der Waals surface area contributed by atoms with Crippen molar-refractivity contribution in [1.82, 2.24) is 0 Å². The van der Waals surface area contributed by atoms with Crippen molar-refractivity contribution in [2.24, 2.45) is 0 Å². The van der Waals surface area contributed by atoms with E-state index in [1.807, 2.05) is 0 Å².